The van der Waals surface area contributed by atoms with E-state index in [0.29, 0.717) is 23.1 Å². The van der Waals surface area contributed by atoms with E-state index >= 15 is 0 Å². The highest BCUT2D eigenvalue weighted by Crippen LogP contribution is 2.22. The van der Waals surface area contributed by atoms with Crippen molar-refractivity contribution in [3.8, 4) is 11.1 Å². The fourth-order valence-electron chi connectivity index (χ4n) is 2.29. The van der Waals surface area contributed by atoms with Gasteiger partial charge in [0.25, 0.3) is 5.91 Å². The monoisotopic (exact) mass is 380 g/mol. The molecule has 0 radical (unpaired) electrons. The summed E-state index contributed by atoms with van der Waals surface area (Å²) in [7, 11) is 0. The number of halogens is 1. The van der Waals surface area contributed by atoms with Crippen molar-refractivity contribution in [2.75, 3.05) is 5.32 Å². The predicted octanol–water partition coefficient (Wildman–Crippen LogP) is 4.58. The van der Waals surface area contributed by atoms with Crippen LogP contribution in [0.5, 0.6) is 0 Å². The number of hydrogen-bond donors (Lipinski definition) is 1. The molecule has 0 fully saturated rings. The second-order valence-electron chi connectivity index (χ2n) is 5.13. The van der Waals surface area contributed by atoms with Gasteiger partial charge in [-0.3, -0.25) is 14.6 Å². The fraction of sp³-hybridized carbons (Fsp3) is 0. The summed E-state index contributed by atoms with van der Waals surface area (Å²) in [5.41, 5.74) is 3.13. The van der Waals surface area contributed by atoms with Crippen molar-refractivity contribution in [1.29, 1.82) is 0 Å². The third-order valence-electron chi connectivity index (χ3n) is 3.50. The molecule has 4 nitrogen and oxygen atoms in total. The number of rotatable bonds is 4. The molecule has 118 valence electrons. The number of nitrogens with one attached hydrogen (secondary N) is 1. The van der Waals surface area contributed by atoms with Gasteiger partial charge in [-0.25, -0.2) is 0 Å². The maximum absolute atomic E-state index is 12.5. The molecule has 0 bridgehead atoms. The molecule has 1 amide bonds. The Hall–Kier alpha value is -2.79. The third-order valence-corrected chi connectivity index (χ3v) is 3.99. The Bertz CT molecular complexity index is 895. The first kappa shape index (κ1) is 16.1. The van der Waals surface area contributed by atoms with Crippen LogP contribution in [0.25, 0.3) is 11.1 Å². The molecule has 0 aliphatic rings. The first-order chi connectivity index (χ1) is 11.7. The zero-order chi connectivity index (χ0) is 16.9. The summed E-state index contributed by atoms with van der Waals surface area (Å²) in [4.78, 5) is 27.8. The highest BCUT2D eigenvalue weighted by atomic mass is 79.9. The maximum Gasteiger partial charge on any atom is 0.257 e. The van der Waals surface area contributed by atoms with E-state index in [4.69, 9.17) is 0 Å². The van der Waals surface area contributed by atoms with Gasteiger partial charge in [0.05, 0.1) is 11.3 Å². The molecule has 3 rings (SSSR count). The average Bonchev–Trinajstić information content (AvgIpc) is 2.63. The van der Waals surface area contributed by atoms with E-state index in [2.05, 4.69) is 26.2 Å². The van der Waals surface area contributed by atoms with E-state index in [9.17, 15) is 9.59 Å². The van der Waals surface area contributed by atoms with Crippen LogP contribution in [0.4, 0.5) is 5.69 Å². The van der Waals surface area contributed by atoms with Crippen LogP contribution in [0.3, 0.4) is 0 Å². The predicted molar refractivity (Wildman–Crippen MR) is 97.2 cm³/mol. The Labute approximate surface area is 147 Å². The average molecular weight is 381 g/mol. The summed E-state index contributed by atoms with van der Waals surface area (Å²) in [6.45, 7) is 0. The third kappa shape index (κ3) is 3.58. The van der Waals surface area contributed by atoms with Crippen LogP contribution >= 0.6 is 15.9 Å². The van der Waals surface area contributed by atoms with Crippen molar-refractivity contribution < 1.29 is 9.59 Å². The van der Waals surface area contributed by atoms with Gasteiger partial charge in [-0.2, -0.15) is 0 Å². The van der Waals surface area contributed by atoms with E-state index in [1.807, 2.05) is 30.3 Å². The lowest BCUT2D eigenvalue weighted by Gasteiger charge is -2.09. The van der Waals surface area contributed by atoms with Gasteiger partial charge in [0.15, 0.2) is 6.29 Å². The number of carbonyl (C=O) groups excluding carboxylic acids is 2. The van der Waals surface area contributed by atoms with Crippen molar-refractivity contribution in [2.24, 2.45) is 0 Å². The molecule has 5 heteroatoms. The van der Waals surface area contributed by atoms with Gasteiger partial charge < -0.3 is 5.32 Å². The Morgan fingerprint density at radius 1 is 1.00 bits per heavy atom. The molecular weight excluding hydrogens is 368 g/mol. The Kier molecular flexibility index (Phi) is 4.82. The molecular formula is C19H13BrN2O2. The molecule has 0 unspecified atom stereocenters. The number of anilines is 1. The van der Waals surface area contributed by atoms with E-state index in [-0.39, 0.29) is 5.91 Å². The normalized spacial score (nSPS) is 10.2. The molecule has 3 aromatic rings. The summed E-state index contributed by atoms with van der Waals surface area (Å²) < 4.78 is 0.777. The van der Waals surface area contributed by atoms with E-state index in [1.165, 1.54) is 6.20 Å². The molecule has 1 N–H and O–H groups in total. The van der Waals surface area contributed by atoms with Crippen molar-refractivity contribution >= 4 is 33.8 Å². The van der Waals surface area contributed by atoms with Gasteiger partial charge in [-0.15, -0.1) is 0 Å². The summed E-state index contributed by atoms with van der Waals surface area (Å²) in [6.07, 6.45) is 3.92. The highest BCUT2D eigenvalue weighted by Gasteiger charge is 2.11. The molecule has 0 atom stereocenters. The molecule has 2 aromatic carbocycles. The number of hydrogen-bond acceptors (Lipinski definition) is 3. The van der Waals surface area contributed by atoms with Crippen molar-refractivity contribution in [1.82, 2.24) is 4.98 Å². The minimum absolute atomic E-state index is 0.318. The number of benzene rings is 2. The Balaban J connectivity index is 1.89. The van der Waals surface area contributed by atoms with E-state index in [0.717, 1.165) is 15.6 Å². The molecule has 0 aliphatic heterocycles. The van der Waals surface area contributed by atoms with Crippen molar-refractivity contribution in [3.05, 3.63) is 82.6 Å². The topological polar surface area (TPSA) is 59.1 Å². The number of nitrogens with zero attached hydrogens (tertiary/aromatic N) is 1. The lowest BCUT2D eigenvalue weighted by Crippen LogP contribution is -2.13. The van der Waals surface area contributed by atoms with E-state index < -0.39 is 0 Å². The first-order valence-corrected chi connectivity index (χ1v) is 8.03. The largest absolute Gasteiger partial charge is 0.321 e. The smallest absolute Gasteiger partial charge is 0.257 e. The van der Waals surface area contributed by atoms with Gasteiger partial charge in [0.1, 0.15) is 0 Å². The van der Waals surface area contributed by atoms with Crippen molar-refractivity contribution in [2.45, 2.75) is 0 Å². The number of aromatic nitrogens is 1. The van der Waals surface area contributed by atoms with Crippen molar-refractivity contribution in [3.63, 3.8) is 0 Å². The lowest BCUT2D eigenvalue weighted by molar-refractivity contribution is 0.102. The second kappa shape index (κ2) is 7.19. The summed E-state index contributed by atoms with van der Waals surface area (Å²) >= 11 is 3.33. The molecule has 1 aromatic heterocycles. The van der Waals surface area contributed by atoms with Crippen LogP contribution in [0.15, 0.2) is 71.5 Å². The standard InChI is InChI=1S/C19H13BrN2O2/c20-17-7-6-14(12-23)18(9-17)22-19(24)16-8-15(10-21-11-16)13-4-2-1-3-5-13/h1-12H,(H,22,24). The minimum Gasteiger partial charge on any atom is -0.321 e. The van der Waals surface area contributed by atoms with Gasteiger partial charge >= 0.3 is 0 Å². The molecule has 0 spiro atoms. The zero-order valence-electron chi connectivity index (χ0n) is 12.6. The van der Waals surface area contributed by atoms with Crippen LogP contribution in [-0.2, 0) is 0 Å². The second-order valence-corrected chi connectivity index (χ2v) is 6.05. The maximum atomic E-state index is 12.5. The van der Waals surface area contributed by atoms with Crippen LogP contribution in [0.1, 0.15) is 20.7 Å². The molecule has 24 heavy (non-hydrogen) atoms. The highest BCUT2D eigenvalue weighted by molar-refractivity contribution is 9.10. The number of pyridine rings is 1. The zero-order valence-corrected chi connectivity index (χ0v) is 14.2. The van der Waals surface area contributed by atoms with Gasteiger partial charge in [0, 0.05) is 28.0 Å². The van der Waals surface area contributed by atoms with Gasteiger partial charge in [-0.1, -0.05) is 46.3 Å². The Morgan fingerprint density at radius 2 is 1.79 bits per heavy atom. The summed E-state index contributed by atoms with van der Waals surface area (Å²) in [5.74, 6) is -0.318. The quantitative estimate of drug-likeness (QED) is 0.674. The van der Waals surface area contributed by atoms with Crippen LogP contribution < -0.4 is 5.32 Å². The molecule has 0 saturated heterocycles. The minimum atomic E-state index is -0.318. The first-order valence-electron chi connectivity index (χ1n) is 7.24. The number of carbonyl (C=O) groups is 2. The molecule has 1 heterocycles. The summed E-state index contributed by atoms with van der Waals surface area (Å²) in [6, 6.07) is 16.6. The van der Waals surface area contributed by atoms with E-state index in [1.54, 1.807) is 30.5 Å². The number of aldehydes is 1. The molecule has 0 aliphatic carbocycles. The van der Waals surface area contributed by atoms with Crippen LogP contribution in [-0.4, -0.2) is 17.2 Å². The molecule has 0 saturated carbocycles. The Morgan fingerprint density at radius 3 is 2.54 bits per heavy atom. The van der Waals surface area contributed by atoms with Gasteiger partial charge in [-0.05, 0) is 29.8 Å². The van der Waals surface area contributed by atoms with Gasteiger partial charge in [0.2, 0.25) is 0 Å². The lowest BCUT2D eigenvalue weighted by atomic mass is 10.1. The SMILES string of the molecule is O=Cc1ccc(Br)cc1NC(=O)c1cncc(-c2ccccc2)c1. The fourth-order valence-corrected chi connectivity index (χ4v) is 2.65. The summed E-state index contributed by atoms with van der Waals surface area (Å²) in [5, 5.41) is 2.76. The number of amides is 1. The van der Waals surface area contributed by atoms with Crippen LogP contribution in [0.2, 0.25) is 0 Å². The van der Waals surface area contributed by atoms with Crippen LogP contribution in [0, 0.1) is 0 Å².